The minimum absolute atomic E-state index is 0.0581. The summed E-state index contributed by atoms with van der Waals surface area (Å²) >= 11 is 0. The summed E-state index contributed by atoms with van der Waals surface area (Å²) in [5.41, 5.74) is 5.38. The van der Waals surface area contributed by atoms with Crippen molar-refractivity contribution in [2.45, 2.75) is 24.7 Å². The summed E-state index contributed by atoms with van der Waals surface area (Å²) in [6.45, 7) is 2.92. The highest BCUT2D eigenvalue weighted by atomic mass is 32.2. The molecule has 1 unspecified atom stereocenters. The Balaban J connectivity index is 2.36. The predicted octanol–water partition coefficient (Wildman–Crippen LogP) is 1.60. The molecule has 1 heterocycles. The normalized spacial score (nSPS) is 20.8. The Hall–Kier alpha value is -1.67. The lowest BCUT2D eigenvalue weighted by molar-refractivity contribution is -0.384. The molecule has 1 aliphatic rings. The molecular weight excluding hydrogens is 282 g/mol. The van der Waals surface area contributed by atoms with Crippen LogP contribution in [0.4, 0.5) is 11.4 Å². The van der Waals surface area contributed by atoms with Crippen LogP contribution in [0.15, 0.2) is 23.1 Å². The zero-order valence-electron chi connectivity index (χ0n) is 11.2. The second kappa shape index (κ2) is 5.37. The molecule has 1 aromatic carbocycles. The van der Waals surface area contributed by atoms with E-state index in [-0.39, 0.29) is 16.3 Å². The maximum atomic E-state index is 12.5. The molecule has 2 rings (SSSR count). The van der Waals surface area contributed by atoms with Crippen LogP contribution in [0.1, 0.15) is 19.8 Å². The molecule has 0 saturated carbocycles. The van der Waals surface area contributed by atoms with Gasteiger partial charge in [-0.05, 0) is 24.8 Å². The van der Waals surface area contributed by atoms with Gasteiger partial charge in [-0.1, -0.05) is 6.92 Å². The summed E-state index contributed by atoms with van der Waals surface area (Å²) in [6.07, 6.45) is 1.81. The molecule has 1 saturated heterocycles. The van der Waals surface area contributed by atoms with Crippen LogP contribution in [-0.4, -0.2) is 30.7 Å². The van der Waals surface area contributed by atoms with E-state index in [1.54, 1.807) is 0 Å². The fraction of sp³-hybridized carbons (Fsp3) is 0.500. The molecule has 0 aromatic heterocycles. The lowest BCUT2D eigenvalue weighted by Gasteiger charge is -2.30. The van der Waals surface area contributed by atoms with Gasteiger partial charge >= 0.3 is 0 Å². The minimum atomic E-state index is -3.68. The van der Waals surface area contributed by atoms with Crippen molar-refractivity contribution in [3.8, 4) is 0 Å². The summed E-state index contributed by atoms with van der Waals surface area (Å²) in [4.78, 5) is 9.99. The van der Waals surface area contributed by atoms with Crippen LogP contribution in [0.25, 0.3) is 0 Å². The van der Waals surface area contributed by atoms with Crippen molar-refractivity contribution in [2.24, 2.45) is 5.92 Å². The van der Waals surface area contributed by atoms with Gasteiger partial charge in [0.1, 0.15) is 4.90 Å². The molecular formula is C12H17N3O4S. The zero-order valence-corrected chi connectivity index (χ0v) is 12.0. The second-order valence-electron chi connectivity index (χ2n) is 5.09. The Kier molecular flexibility index (Phi) is 3.96. The van der Waals surface area contributed by atoms with Crippen molar-refractivity contribution >= 4 is 21.4 Å². The van der Waals surface area contributed by atoms with E-state index in [1.807, 2.05) is 6.92 Å². The van der Waals surface area contributed by atoms with Gasteiger partial charge in [0.2, 0.25) is 10.0 Å². The molecule has 2 N–H and O–H groups in total. The first-order valence-corrected chi connectivity index (χ1v) is 7.80. The van der Waals surface area contributed by atoms with Crippen molar-refractivity contribution in [3.63, 3.8) is 0 Å². The molecule has 8 heteroatoms. The first-order chi connectivity index (χ1) is 9.32. The van der Waals surface area contributed by atoms with E-state index in [9.17, 15) is 18.5 Å². The van der Waals surface area contributed by atoms with Gasteiger partial charge in [-0.3, -0.25) is 10.1 Å². The molecule has 110 valence electrons. The molecule has 1 fully saturated rings. The standard InChI is InChI=1S/C12H17N3O4S/c1-9-3-2-6-14(8-9)20(18,19)12-5-4-10(15(16)17)7-11(12)13/h4-5,7,9H,2-3,6,8,13H2,1H3. The van der Waals surface area contributed by atoms with Gasteiger partial charge in [-0.15, -0.1) is 0 Å². The third-order valence-corrected chi connectivity index (χ3v) is 5.38. The maximum absolute atomic E-state index is 12.5. The number of piperidine rings is 1. The number of non-ortho nitro benzene ring substituents is 1. The highest BCUT2D eigenvalue weighted by molar-refractivity contribution is 7.89. The predicted molar refractivity (Wildman–Crippen MR) is 74.7 cm³/mol. The van der Waals surface area contributed by atoms with E-state index in [1.165, 1.54) is 10.4 Å². The van der Waals surface area contributed by atoms with E-state index in [0.29, 0.717) is 19.0 Å². The minimum Gasteiger partial charge on any atom is -0.397 e. The molecule has 1 aliphatic heterocycles. The topological polar surface area (TPSA) is 107 Å². The van der Waals surface area contributed by atoms with Gasteiger partial charge in [-0.2, -0.15) is 4.31 Å². The molecule has 1 aromatic rings. The second-order valence-corrected chi connectivity index (χ2v) is 7.00. The molecule has 0 spiro atoms. The number of nitrogens with two attached hydrogens (primary N) is 1. The SMILES string of the molecule is CC1CCCN(S(=O)(=O)c2ccc([N+](=O)[O-])cc2N)C1. The monoisotopic (exact) mass is 299 g/mol. The first kappa shape index (κ1) is 14.7. The van der Waals surface area contributed by atoms with Gasteiger partial charge in [0.25, 0.3) is 5.69 Å². The number of sulfonamides is 1. The molecule has 7 nitrogen and oxygen atoms in total. The van der Waals surface area contributed by atoms with Crippen LogP contribution in [0, 0.1) is 16.0 Å². The Bertz CT molecular complexity index is 630. The fourth-order valence-corrected chi connectivity index (χ4v) is 4.08. The number of anilines is 1. The number of nitrogens with zero attached hydrogens (tertiary/aromatic N) is 2. The number of nitro groups is 1. The van der Waals surface area contributed by atoms with Crippen LogP contribution in [-0.2, 0) is 10.0 Å². The lowest BCUT2D eigenvalue weighted by Crippen LogP contribution is -2.39. The van der Waals surface area contributed by atoms with Gasteiger partial charge in [0, 0.05) is 25.2 Å². The van der Waals surface area contributed by atoms with Crippen molar-refractivity contribution in [1.82, 2.24) is 4.31 Å². The van der Waals surface area contributed by atoms with E-state index >= 15 is 0 Å². The lowest BCUT2D eigenvalue weighted by atomic mass is 10.0. The van der Waals surface area contributed by atoms with Crippen molar-refractivity contribution in [1.29, 1.82) is 0 Å². The molecule has 0 radical (unpaired) electrons. The largest absolute Gasteiger partial charge is 0.397 e. The van der Waals surface area contributed by atoms with Crippen LogP contribution in [0.2, 0.25) is 0 Å². The van der Waals surface area contributed by atoms with E-state index < -0.39 is 14.9 Å². The van der Waals surface area contributed by atoms with E-state index in [0.717, 1.165) is 25.0 Å². The van der Waals surface area contributed by atoms with Gasteiger partial charge in [-0.25, -0.2) is 8.42 Å². The van der Waals surface area contributed by atoms with Crippen LogP contribution < -0.4 is 5.73 Å². The average Bonchev–Trinajstić information content (AvgIpc) is 2.38. The molecule has 20 heavy (non-hydrogen) atoms. The third-order valence-electron chi connectivity index (χ3n) is 3.44. The quantitative estimate of drug-likeness (QED) is 0.518. The van der Waals surface area contributed by atoms with E-state index in [4.69, 9.17) is 5.73 Å². The number of nitro benzene ring substituents is 1. The first-order valence-electron chi connectivity index (χ1n) is 6.36. The summed E-state index contributed by atoms with van der Waals surface area (Å²) in [6, 6.07) is 3.46. The highest BCUT2D eigenvalue weighted by Crippen LogP contribution is 2.29. The molecule has 0 amide bonds. The maximum Gasteiger partial charge on any atom is 0.271 e. The summed E-state index contributed by atoms with van der Waals surface area (Å²) < 4.78 is 26.4. The fourth-order valence-electron chi connectivity index (χ4n) is 2.39. The van der Waals surface area contributed by atoms with Crippen molar-refractivity contribution in [2.75, 3.05) is 18.8 Å². The Labute approximate surface area is 117 Å². The molecule has 1 atom stereocenters. The Morgan fingerprint density at radius 3 is 2.70 bits per heavy atom. The smallest absolute Gasteiger partial charge is 0.271 e. The van der Waals surface area contributed by atoms with Crippen LogP contribution in [0.3, 0.4) is 0 Å². The van der Waals surface area contributed by atoms with Gasteiger partial charge in [0.05, 0.1) is 10.6 Å². The number of nitrogen functional groups attached to an aromatic ring is 1. The van der Waals surface area contributed by atoms with Crippen LogP contribution in [0.5, 0.6) is 0 Å². The number of benzene rings is 1. The Morgan fingerprint density at radius 1 is 1.45 bits per heavy atom. The van der Waals surface area contributed by atoms with Gasteiger partial charge in [0.15, 0.2) is 0 Å². The number of hydrogen-bond donors (Lipinski definition) is 1. The van der Waals surface area contributed by atoms with Crippen molar-refractivity contribution < 1.29 is 13.3 Å². The summed E-state index contributed by atoms with van der Waals surface area (Å²) in [5, 5.41) is 10.6. The number of hydrogen-bond acceptors (Lipinski definition) is 5. The zero-order chi connectivity index (χ0) is 14.9. The van der Waals surface area contributed by atoms with E-state index in [2.05, 4.69) is 0 Å². The molecule has 0 bridgehead atoms. The van der Waals surface area contributed by atoms with Gasteiger partial charge < -0.3 is 5.73 Å². The summed E-state index contributed by atoms with van der Waals surface area (Å²) in [7, 11) is -3.68. The third kappa shape index (κ3) is 2.75. The van der Waals surface area contributed by atoms with Crippen molar-refractivity contribution in [3.05, 3.63) is 28.3 Å². The Morgan fingerprint density at radius 2 is 2.15 bits per heavy atom. The highest BCUT2D eigenvalue weighted by Gasteiger charge is 2.30. The summed E-state index contributed by atoms with van der Waals surface area (Å²) in [5.74, 6) is 0.304. The average molecular weight is 299 g/mol. The van der Waals surface area contributed by atoms with Crippen LogP contribution >= 0.6 is 0 Å². The molecule has 0 aliphatic carbocycles. The number of rotatable bonds is 3.